The molecule has 0 aliphatic carbocycles. The van der Waals surface area contributed by atoms with Gasteiger partial charge in [0.15, 0.2) is 0 Å². The molecule has 0 aromatic rings. The summed E-state index contributed by atoms with van der Waals surface area (Å²) in [5.41, 5.74) is 0. The fraction of sp³-hybridized carbons (Fsp3) is 0.889. The molecule has 0 saturated carbocycles. The minimum atomic E-state index is 0.250. The van der Waals surface area contributed by atoms with Crippen molar-refractivity contribution >= 4 is 6.29 Å². The van der Waals surface area contributed by atoms with Gasteiger partial charge >= 0.3 is 0 Å². The molecule has 2 nitrogen and oxygen atoms in total. The first-order valence-electron chi connectivity index (χ1n) is 4.49. The highest BCUT2D eigenvalue weighted by molar-refractivity contribution is 5.52. The molecule has 1 fully saturated rings. The highest BCUT2D eigenvalue weighted by Crippen LogP contribution is 2.17. The zero-order chi connectivity index (χ0) is 8.10. The van der Waals surface area contributed by atoms with Crippen LogP contribution >= 0.6 is 0 Å². The molecule has 11 heavy (non-hydrogen) atoms. The van der Waals surface area contributed by atoms with Crippen molar-refractivity contribution in [1.82, 2.24) is 5.32 Å². The molecule has 0 aromatic carbocycles. The SMILES string of the molecule is CC(C=O)CC1CCCNC1. The highest BCUT2D eigenvalue weighted by Gasteiger charge is 2.15. The first kappa shape index (κ1) is 8.72. The summed E-state index contributed by atoms with van der Waals surface area (Å²) < 4.78 is 0. The number of carbonyl (C=O) groups excluding carboxylic acids is 1. The van der Waals surface area contributed by atoms with E-state index in [9.17, 15) is 4.79 Å². The molecule has 0 radical (unpaired) electrons. The van der Waals surface area contributed by atoms with Crippen LogP contribution in [0.4, 0.5) is 0 Å². The molecule has 2 heteroatoms. The fourth-order valence-electron chi connectivity index (χ4n) is 1.71. The van der Waals surface area contributed by atoms with E-state index in [1.807, 2.05) is 6.92 Å². The third-order valence-corrected chi connectivity index (χ3v) is 2.34. The van der Waals surface area contributed by atoms with Crippen molar-refractivity contribution in [3.05, 3.63) is 0 Å². The second-order valence-corrected chi connectivity index (χ2v) is 3.56. The van der Waals surface area contributed by atoms with Crippen LogP contribution in [-0.4, -0.2) is 19.4 Å². The van der Waals surface area contributed by atoms with Gasteiger partial charge in [-0.15, -0.1) is 0 Å². The Balaban J connectivity index is 2.18. The Morgan fingerprint density at radius 3 is 3.09 bits per heavy atom. The second-order valence-electron chi connectivity index (χ2n) is 3.56. The number of nitrogens with one attached hydrogen (secondary N) is 1. The van der Waals surface area contributed by atoms with Crippen LogP contribution in [0.2, 0.25) is 0 Å². The lowest BCUT2D eigenvalue weighted by atomic mass is 9.90. The summed E-state index contributed by atoms with van der Waals surface area (Å²) in [5.74, 6) is 0.990. The van der Waals surface area contributed by atoms with Gasteiger partial charge in [-0.2, -0.15) is 0 Å². The smallest absolute Gasteiger partial charge is 0.122 e. The van der Waals surface area contributed by atoms with Gasteiger partial charge in [0.2, 0.25) is 0 Å². The van der Waals surface area contributed by atoms with Gasteiger partial charge in [-0.1, -0.05) is 6.92 Å². The molecule has 1 rings (SSSR count). The largest absolute Gasteiger partial charge is 0.316 e. The third-order valence-electron chi connectivity index (χ3n) is 2.34. The Hall–Kier alpha value is -0.370. The number of aldehydes is 1. The first-order valence-corrected chi connectivity index (χ1v) is 4.49. The second kappa shape index (κ2) is 4.50. The minimum Gasteiger partial charge on any atom is -0.316 e. The van der Waals surface area contributed by atoms with Crippen molar-refractivity contribution in [2.45, 2.75) is 26.2 Å². The molecular formula is C9H17NO. The van der Waals surface area contributed by atoms with Crippen LogP contribution in [0.25, 0.3) is 0 Å². The van der Waals surface area contributed by atoms with Crippen molar-refractivity contribution in [3.8, 4) is 0 Å². The van der Waals surface area contributed by atoms with Gasteiger partial charge < -0.3 is 10.1 Å². The average molecular weight is 155 g/mol. The van der Waals surface area contributed by atoms with Gasteiger partial charge in [-0.25, -0.2) is 0 Å². The van der Waals surface area contributed by atoms with E-state index in [0.29, 0.717) is 0 Å². The molecule has 0 aromatic heterocycles. The van der Waals surface area contributed by atoms with Crippen molar-refractivity contribution in [2.75, 3.05) is 13.1 Å². The van der Waals surface area contributed by atoms with Crippen LogP contribution in [-0.2, 0) is 4.79 Å². The van der Waals surface area contributed by atoms with Crippen LogP contribution in [0.3, 0.4) is 0 Å². The summed E-state index contributed by atoms with van der Waals surface area (Å²) in [4.78, 5) is 10.4. The summed E-state index contributed by atoms with van der Waals surface area (Å²) in [7, 11) is 0. The van der Waals surface area contributed by atoms with E-state index in [1.165, 1.54) is 12.8 Å². The van der Waals surface area contributed by atoms with Crippen molar-refractivity contribution in [1.29, 1.82) is 0 Å². The van der Waals surface area contributed by atoms with Crippen molar-refractivity contribution < 1.29 is 4.79 Å². The fourth-order valence-corrected chi connectivity index (χ4v) is 1.71. The van der Waals surface area contributed by atoms with Gasteiger partial charge in [-0.3, -0.25) is 0 Å². The lowest BCUT2D eigenvalue weighted by Gasteiger charge is -2.23. The lowest BCUT2D eigenvalue weighted by molar-refractivity contribution is -0.111. The molecule has 1 saturated heterocycles. The number of rotatable bonds is 3. The van der Waals surface area contributed by atoms with Crippen LogP contribution < -0.4 is 5.32 Å². The predicted octanol–water partition coefficient (Wildman–Crippen LogP) is 1.21. The molecule has 1 aliphatic heterocycles. The topological polar surface area (TPSA) is 29.1 Å². The van der Waals surface area contributed by atoms with E-state index in [1.54, 1.807) is 0 Å². The first-order chi connectivity index (χ1) is 5.33. The molecule has 2 atom stereocenters. The van der Waals surface area contributed by atoms with E-state index in [-0.39, 0.29) is 5.92 Å². The maximum Gasteiger partial charge on any atom is 0.122 e. The van der Waals surface area contributed by atoms with E-state index >= 15 is 0 Å². The standard InChI is InChI=1S/C9H17NO/c1-8(7-11)5-9-3-2-4-10-6-9/h7-10H,2-6H2,1H3. The Kier molecular flexibility index (Phi) is 3.57. The summed E-state index contributed by atoms with van der Waals surface area (Å²) in [6.07, 6.45) is 4.70. The summed E-state index contributed by atoms with van der Waals surface area (Å²) in [6, 6.07) is 0. The molecule has 0 bridgehead atoms. The maximum atomic E-state index is 10.4. The monoisotopic (exact) mass is 155 g/mol. The lowest BCUT2D eigenvalue weighted by Crippen LogP contribution is -2.30. The zero-order valence-corrected chi connectivity index (χ0v) is 7.18. The average Bonchev–Trinajstić information content (AvgIpc) is 2.06. The number of carbonyl (C=O) groups is 1. The van der Waals surface area contributed by atoms with Crippen molar-refractivity contribution in [2.24, 2.45) is 11.8 Å². The van der Waals surface area contributed by atoms with Gasteiger partial charge in [0.25, 0.3) is 0 Å². The molecule has 2 unspecified atom stereocenters. The van der Waals surface area contributed by atoms with Gasteiger partial charge in [-0.05, 0) is 38.3 Å². The quantitative estimate of drug-likeness (QED) is 0.621. The maximum absolute atomic E-state index is 10.4. The van der Waals surface area contributed by atoms with E-state index in [0.717, 1.165) is 31.7 Å². The molecule has 1 heterocycles. The van der Waals surface area contributed by atoms with E-state index < -0.39 is 0 Å². The Bertz CT molecular complexity index is 119. The van der Waals surface area contributed by atoms with Gasteiger partial charge in [0, 0.05) is 5.92 Å². The molecule has 1 N–H and O–H groups in total. The van der Waals surface area contributed by atoms with Crippen LogP contribution in [0.1, 0.15) is 26.2 Å². The van der Waals surface area contributed by atoms with Gasteiger partial charge in [0.1, 0.15) is 6.29 Å². The molecular weight excluding hydrogens is 138 g/mol. The Labute approximate surface area is 68.4 Å². The molecule has 1 aliphatic rings. The van der Waals surface area contributed by atoms with Crippen LogP contribution in [0, 0.1) is 11.8 Å². The Morgan fingerprint density at radius 1 is 1.73 bits per heavy atom. The number of piperidine rings is 1. The van der Waals surface area contributed by atoms with Crippen LogP contribution in [0.15, 0.2) is 0 Å². The summed E-state index contributed by atoms with van der Waals surface area (Å²) in [6.45, 7) is 4.27. The van der Waals surface area contributed by atoms with E-state index in [2.05, 4.69) is 5.32 Å². The summed E-state index contributed by atoms with van der Waals surface area (Å²) in [5, 5.41) is 3.35. The summed E-state index contributed by atoms with van der Waals surface area (Å²) >= 11 is 0. The van der Waals surface area contributed by atoms with Crippen LogP contribution in [0.5, 0.6) is 0 Å². The van der Waals surface area contributed by atoms with Gasteiger partial charge in [0.05, 0.1) is 0 Å². The molecule has 0 amide bonds. The number of hydrogen-bond donors (Lipinski definition) is 1. The molecule has 0 spiro atoms. The number of hydrogen-bond acceptors (Lipinski definition) is 2. The zero-order valence-electron chi connectivity index (χ0n) is 7.18. The predicted molar refractivity (Wildman–Crippen MR) is 45.4 cm³/mol. The van der Waals surface area contributed by atoms with E-state index in [4.69, 9.17) is 0 Å². The third kappa shape index (κ3) is 3.02. The van der Waals surface area contributed by atoms with Crippen molar-refractivity contribution in [3.63, 3.8) is 0 Å². The normalized spacial score (nSPS) is 27.9. The molecule has 64 valence electrons. The minimum absolute atomic E-state index is 0.250. The highest BCUT2D eigenvalue weighted by atomic mass is 16.1. The Morgan fingerprint density at radius 2 is 2.55 bits per heavy atom.